The Morgan fingerprint density at radius 3 is 2.57 bits per heavy atom. The number of hydrogen-bond donors (Lipinski definition) is 2. The number of nitrogens with zero attached hydrogens (tertiary/aromatic N) is 1. The number of nitrogens with one attached hydrogen (secondary N) is 2. The van der Waals surface area contributed by atoms with E-state index in [1.807, 2.05) is 13.8 Å². The molecule has 114 valence electrons. The van der Waals surface area contributed by atoms with E-state index in [4.69, 9.17) is 11.6 Å². The maximum atomic E-state index is 12.3. The summed E-state index contributed by atoms with van der Waals surface area (Å²) >= 11 is 5.81. The Bertz CT molecular complexity index is 516. The highest BCUT2D eigenvalue weighted by Gasteiger charge is 2.34. The monoisotopic (exact) mass is 309 g/mol. The van der Waals surface area contributed by atoms with E-state index in [9.17, 15) is 9.59 Å². The first-order valence-electron chi connectivity index (χ1n) is 7.11. The van der Waals surface area contributed by atoms with Crippen molar-refractivity contribution in [3.63, 3.8) is 0 Å². The van der Waals surface area contributed by atoms with Crippen LogP contribution in [-0.4, -0.2) is 35.5 Å². The topological polar surface area (TPSA) is 61.4 Å². The Balaban J connectivity index is 2.00. The van der Waals surface area contributed by atoms with Crippen LogP contribution in [-0.2, 0) is 4.79 Å². The molecule has 2 rings (SSSR count). The van der Waals surface area contributed by atoms with Crippen molar-refractivity contribution in [2.24, 2.45) is 0 Å². The zero-order valence-corrected chi connectivity index (χ0v) is 13.0. The standard InChI is InChI=1S/C15H20ClN3O2/c1-10(2)17-14(20)13-4-3-9-19(13)15(21)18-12-7-5-11(16)6-8-12/h5-8,10,13H,3-4,9H2,1-2H3,(H,17,20)(H,18,21)/t13-/m0/s1. The predicted molar refractivity (Wildman–Crippen MR) is 83.5 cm³/mol. The molecule has 1 saturated heterocycles. The van der Waals surface area contributed by atoms with Crippen molar-refractivity contribution < 1.29 is 9.59 Å². The summed E-state index contributed by atoms with van der Waals surface area (Å²) in [5, 5.41) is 6.27. The van der Waals surface area contributed by atoms with Gasteiger partial charge in [0.25, 0.3) is 0 Å². The SMILES string of the molecule is CC(C)NC(=O)[C@@H]1CCCN1C(=O)Nc1ccc(Cl)cc1. The Kier molecular flexibility index (Phi) is 5.07. The molecule has 1 aliphatic rings. The first-order chi connectivity index (χ1) is 9.97. The Morgan fingerprint density at radius 2 is 1.95 bits per heavy atom. The van der Waals surface area contributed by atoms with Crippen molar-refractivity contribution in [2.75, 3.05) is 11.9 Å². The molecule has 0 aliphatic carbocycles. The summed E-state index contributed by atoms with van der Waals surface area (Å²) in [7, 11) is 0. The molecule has 1 atom stereocenters. The Hall–Kier alpha value is -1.75. The highest BCUT2D eigenvalue weighted by atomic mass is 35.5. The van der Waals surface area contributed by atoms with E-state index in [1.54, 1.807) is 29.2 Å². The van der Waals surface area contributed by atoms with Crippen molar-refractivity contribution in [1.82, 2.24) is 10.2 Å². The van der Waals surface area contributed by atoms with Crippen LogP contribution in [0.15, 0.2) is 24.3 Å². The fourth-order valence-electron chi connectivity index (χ4n) is 2.39. The maximum absolute atomic E-state index is 12.3. The second-order valence-electron chi connectivity index (χ2n) is 5.45. The highest BCUT2D eigenvalue weighted by Crippen LogP contribution is 2.20. The van der Waals surface area contributed by atoms with Gasteiger partial charge in [-0.1, -0.05) is 11.6 Å². The molecule has 0 radical (unpaired) electrons. The van der Waals surface area contributed by atoms with E-state index in [0.29, 0.717) is 23.7 Å². The largest absolute Gasteiger partial charge is 0.352 e. The van der Waals surface area contributed by atoms with E-state index < -0.39 is 0 Å². The Labute approximate surface area is 129 Å². The van der Waals surface area contributed by atoms with Crippen molar-refractivity contribution in [3.05, 3.63) is 29.3 Å². The molecule has 1 aromatic carbocycles. The van der Waals surface area contributed by atoms with E-state index in [2.05, 4.69) is 10.6 Å². The molecule has 1 fully saturated rings. The van der Waals surface area contributed by atoms with Gasteiger partial charge in [-0.2, -0.15) is 0 Å². The normalized spacial score (nSPS) is 17.9. The minimum Gasteiger partial charge on any atom is -0.352 e. The molecule has 0 saturated carbocycles. The van der Waals surface area contributed by atoms with Gasteiger partial charge in [-0.15, -0.1) is 0 Å². The molecule has 3 amide bonds. The molecule has 1 heterocycles. The molecule has 2 N–H and O–H groups in total. The van der Waals surface area contributed by atoms with Crippen LogP contribution in [0.25, 0.3) is 0 Å². The smallest absolute Gasteiger partial charge is 0.322 e. The summed E-state index contributed by atoms with van der Waals surface area (Å²) in [6.45, 7) is 4.41. The number of carbonyl (C=O) groups is 2. The van der Waals surface area contributed by atoms with Gasteiger partial charge < -0.3 is 15.5 Å². The number of benzene rings is 1. The third kappa shape index (κ3) is 4.11. The van der Waals surface area contributed by atoms with Gasteiger partial charge in [0.1, 0.15) is 6.04 Å². The molecular formula is C15H20ClN3O2. The third-order valence-electron chi connectivity index (χ3n) is 3.34. The van der Waals surface area contributed by atoms with Gasteiger partial charge >= 0.3 is 6.03 Å². The fraction of sp³-hybridized carbons (Fsp3) is 0.467. The number of rotatable bonds is 3. The molecule has 1 aliphatic heterocycles. The molecule has 21 heavy (non-hydrogen) atoms. The molecule has 0 spiro atoms. The Morgan fingerprint density at radius 1 is 1.29 bits per heavy atom. The van der Waals surface area contributed by atoms with Crippen LogP contribution in [0.4, 0.5) is 10.5 Å². The lowest BCUT2D eigenvalue weighted by molar-refractivity contribution is -0.125. The fourth-order valence-corrected chi connectivity index (χ4v) is 2.52. The number of halogens is 1. The molecular weight excluding hydrogens is 290 g/mol. The second-order valence-corrected chi connectivity index (χ2v) is 5.89. The van der Waals surface area contributed by atoms with Gasteiger partial charge in [-0.25, -0.2) is 4.79 Å². The van der Waals surface area contributed by atoms with E-state index in [-0.39, 0.29) is 24.0 Å². The van der Waals surface area contributed by atoms with Gasteiger partial charge in [0, 0.05) is 23.3 Å². The van der Waals surface area contributed by atoms with E-state index >= 15 is 0 Å². The van der Waals surface area contributed by atoms with Crippen LogP contribution in [0, 0.1) is 0 Å². The lowest BCUT2D eigenvalue weighted by Gasteiger charge is -2.25. The average molecular weight is 310 g/mol. The average Bonchev–Trinajstić information content (AvgIpc) is 2.90. The summed E-state index contributed by atoms with van der Waals surface area (Å²) in [6.07, 6.45) is 1.54. The first kappa shape index (κ1) is 15.6. The quantitative estimate of drug-likeness (QED) is 0.902. The summed E-state index contributed by atoms with van der Waals surface area (Å²) in [4.78, 5) is 26.0. The summed E-state index contributed by atoms with van der Waals surface area (Å²) in [5.74, 6) is -0.0891. The summed E-state index contributed by atoms with van der Waals surface area (Å²) < 4.78 is 0. The third-order valence-corrected chi connectivity index (χ3v) is 3.59. The molecule has 0 unspecified atom stereocenters. The summed E-state index contributed by atoms with van der Waals surface area (Å²) in [6, 6.07) is 6.32. The molecule has 1 aromatic rings. The highest BCUT2D eigenvalue weighted by molar-refractivity contribution is 6.30. The molecule has 0 aromatic heterocycles. The van der Waals surface area contributed by atoms with Crippen molar-refractivity contribution in [1.29, 1.82) is 0 Å². The number of hydrogen-bond acceptors (Lipinski definition) is 2. The van der Waals surface area contributed by atoms with Crippen LogP contribution in [0.5, 0.6) is 0 Å². The molecule has 6 heteroatoms. The van der Waals surface area contributed by atoms with Crippen LogP contribution in [0.2, 0.25) is 5.02 Å². The van der Waals surface area contributed by atoms with Crippen LogP contribution in [0.3, 0.4) is 0 Å². The predicted octanol–water partition coefficient (Wildman–Crippen LogP) is 2.86. The van der Waals surface area contributed by atoms with Gasteiger partial charge in [-0.05, 0) is 51.0 Å². The second kappa shape index (κ2) is 6.80. The zero-order chi connectivity index (χ0) is 15.4. The maximum Gasteiger partial charge on any atom is 0.322 e. The van der Waals surface area contributed by atoms with Crippen molar-refractivity contribution in [3.8, 4) is 0 Å². The van der Waals surface area contributed by atoms with Crippen LogP contribution in [0.1, 0.15) is 26.7 Å². The number of anilines is 1. The van der Waals surface area contributed by atoms with E-state index in [0.717, 1.165) is 6.42 Å². The molecule has 5 nitrogen and oxygen atoms in total. The lowest BCUT2D eigenvalue weighted by Crippen LogP contribution is -2.48. The van der Waals surface area contributed by atoms with E-state index in [1.165, 1.54) is 0 Å². The van der Waals surface area contributed by atoms with Gasteiger partial charge in [0.05, 0.1) is 0 Å². The minimum atomic E-state index is -0.389. The number of likely N-dealkylation sites (tertiary alicyclic amines) is 1. The number of urea groups is 1. The number of amides is 3. The van der Waals surface area contributed by atoms with Gasteiger partial charge in [0.2, 0.25) is 5.91 Å². The summed E-state index contributed by atoms with van der Waals surface area (Å²) in [5.41, 5.74) is 0.666. The van der Waals surface area contributed by atoms with Crippen molar-refractivity contribution >= 4 is 29.2 Å². The number of carbonyl (C=O) groups excluding carboxylic acids is 2. The van der Waals surface area contributed by atoms with Crippen LogP contribution >= 0.6 is 11.6 Å². The minimum absolute atomic E-state index is 0.0688. The lowest BCUT2D eigenvalue weighted by atomic mass is 10.2. The zero-order valence-electron chi connectivity index (χ0n) is 12.2. The van der Waals surface area contributed by atoms with Crippen molar-refractivity contribution in [2.45, 2.75) is 38.8 Å². The first-order valence-corrected chi connectivity index (χ1v) is 7.48. The molecule has 0 bridgehead atoms. The van der Waals surface area contributed by atoms with Crippen LogP contribution < -0.4 is 10.6 Å². The van der Waals surface area contributed by atoms with Gasteiger partial charge in [-0.3, -0.25) is 4.79 Å². The van der Waals surface area contributed by atoms with Gasteiger partial charge in [0.15, 0.2) is 0 Å².